The predicted octanol–water partition coefficient (Wildman–Crippen LogP) is 4.83. The normalized spacial score (nSPS) is 10.2. The topological polar surface area (TPSA) is 29.1 Å². The van der Waals surface area contributed by atoms with Crippen LogP contribution in [0.2, 0.25) is 5.02 Å². The van der Waals surface area contributed by atoms with Gasteiger partial charge < -0.3 is 5.32 Å². The first-order valence-corrected chi connectivity index (χ1v) is 7.73. The van der Waals surface area contributed by atoms with Crippen molar-refractivity contribution in [3.8, 4) is 0 Å². The molecule has 0 aliphatic rings. The fraction of sp³-hybridized carbons (Fsp3) is 0.0714. The van der Waals surface area contributed by atoms with E-state index in [1.807, 2.05) is 48.5 Å². The van der Waals surface area contributed by atoms with E-state index in [0.717, 1.165) is 15.1 Å². The van der Waals surface area contributed by atoms with E-state index in [1.165, 1.54) is 11.8 Å². The van der Waals surface area contributed by atoms with Crippen LogP contribution in [0.1, 0.15) is 0 Å². The summed E-state index contributed by atoms with van der Waals surface area (Å²) in [6, 6.07) is 15.0. The molecule has 0 heterocycles. The summed E-state index contributed by atoms with van der Waals surface area (Å²) in [6.07, 6.45) is 0. The molecule has 0 saturated heterocycles. The number of benzene rings is 2. The van der Waals surface area contributed by atoms with Crippen LogP contribution in [0.3, 0.4) is 0 Å². The lowest BCUT2D eigenvalue weighted by Crippen LogP contribution is -2.13. The molecule has 2 nitrogen and oxygen atoms in total. The number of rotatable bonds is 4. The minimum Gasteiger partial charge on any atom is -0.325 e. The summed E-state index contributed by atoms with van der Waals surface area (Å²) in [4.78, 5) is 12.7. The maximum atomic E-state index is 11.8. The molecule has 19 heavy (non-hydrogen) atoms. The van der Waals surface area contributed by atoms with E-state index in [4.69, 9.17) is 11.6 Å². The van der Waals surface area contributed by atoms with E-state index in [2.05, 4.69) is 21.2 Å². The highest BCUT2D eigenvalue weighted by atomic mass is 79.9. The monoisotopic (exact) mass is 355 g/mol. The first kappa shape index (κ1) is 14.4. The molecule has 0 atom stereocenters. The molecule has 0 saturated carbocycles. The van der Waals surface area contributed by atoms with Gasteiger partial charge >= 0.3 is 0 Å². The second-order valence-corrected chi connectivity index (χ2v) is 6.12. The Balaban J connectivity index is 1.90. The van der Waals surface area contributed by atoms with Crippen molar-refractivity contribution >= 4 is 50.9 Å². The summed E-state index contributed by atoms with van der Waals surface area (Å²) < 4.78 is 0.934. The summed E-state index contributed by atoms with van der Waals surface area (Å²) >= 11 is 10.8. The van der Waals surface area contributed by atoms with Crippen LogP contribution in [-0.2, 0) is 4.79 Å². The van der Waals surface area contributed by atoms with Crippen LogP contribution in [0.15, 0.2) is 57.9 Å². The third-order valence-corrected chi connectivity index (χ3v) is 4.31. The first-order valence-electron chi connectivity index (χ1n) is 5.58. The minimum absolute atomic E-state index is 0.0528. The van der Waals surface area contributed by atoms with Crippen molar-refractivity contribution in [2.24, 2.45) is 0 Å². The molecule has 2 aromatic carbocycles. The Morgan fingerprint density at radius 1 is 1.21 bits per heavy atom. The van der Waals surface area contributed by atoms with E-state index in [1.54, 1.807) is 0 Å². The molecule has 0 aliphatic carbocycles. The lowest BCUT2D eigenvalue weighted by atomic mass is 10.3. The number of halogens is 2. The zero-order chi connectivity index (χ0) is 13.7. The van der Waals surface area contributed by atoms with Crippen LogP contribution < -0.4 is 5.32 Å². The van der Waals surface area contributed by atoms with Gasteiger partial charge in [-0.1, -0.05) is 45.7 Å². The molecule has 0 fully saturated rings. The van der Waals surface area contributed by atoms with Gasteiger partial charge in [0.05, 0.1) is 10.8 Å². The Morgan fingerprint density at radius 2 is 2.00 bits per heavy atom. The number of anilines is 1. The van der Waals surface area contributed by atoms with E-state index in [0.29, 0.717) is 10.8 Å². The molecule has 98 valence electrons. The molecule has 0 spiro atoms. The Hall–Kier alpha value is -0.970. The van der Waals surface area contributed by atoms with Crippen molar-refractivity contribution in [2.45, 2.75) is 4.90 Å². The molecular weight excluding hydrogens is 346 g/mol. The van der Waals surface area contributed by atoms with Crippen LogP contribution >= 0.6 is 39.3 Å². The maximum Gasteiger partial charge on any atom is 0.234 e. The fourth-order valence-corrected chi connectivity index (χ4v) is 2.91. The number of hydrogen-bond donors (Lipinski definition) is 1. The average Bonchev–Trinajstić information content (AvgIpc) is 2.38. The quantitative estimate of drug-likeness (QED) is 0.795. The van der Waals surface area contributed by atoms with E-state index < -0.39 is 0 Å². The lowest BCUT2D eigenvalue weighted by Gasteiger charge is -2.06. The van der Waals surface area contributed by atoms with Gasteiger partial charge in [0.1, 0.15) is 0 Å². The summed E-state index contributed by atoms with van der Waals surface area (Å²) in [5.41, 5.74) is 0.777. The zero-order valence-corrected chi connectivity index (χ0v) is 13.1. The van der Waals surface area contributed by atoms with Crippen LogP contribution in [0.4, 0.5) is 5.69 Å². The lowest BCUT2D eigenvalue weighted by molar-refractivity contribution is -0.113. The van der Waals surface area contributed by atoms with Gasteiger partial charge in [0.2, 0.25) is 5.91 Å². The second-order valence-electron chi connectivity index (χ2n) is 3.78. The molecule has 2 aromatic rings. The molecule has 2 rings (SSSR count). The molecule has 0 bridgehead atoms. The molecule has 1 amide bonds. The standard InChI is InChI=1S/C14H11BrClNOS/c15-10-4-3-5-11(8-10)17-14(18)9-19-13-7-2-1-6-12(13)16/h1-8H,9H2,(H,17,18). The predicted molar refractivity (Wildman–Crippen MR) is 84.9 cm³/mol. The van der Waals surface area contributed by atoms with Gasteiger partial charge in [-0.2, -0.15) is 0 Å². The Morgan fingerprint density at radius 3 is 2.74 bits per heavy atom. The number of carbonyl (C=O) groups excluding carboxylic acids is 1. The fourth-order valence-electron chi connectivity index (χ4n) is 1.47. The highest BCUT2D eigenvalue weighted by Crippen LogP contribution is 2.26. The molecule has 0 aliphatic heterocycles. The Labute approximate surface area is 129 Å². The second kappa shape index (κ2) is 6.98. The number of hydrogen-bond acceptors (Lipinski definition) is 2. The number of amides is 1. The third-order valence-electron chi connectivity index (χ3n) is 2.30. The van der Waals surface area contributed by atoms with Gasteiger partial charge in [0.15, 0.2) is 0 Å². The first-order chi connectivity index (χ1) is 9.15. The molecule has 0 aromatic heterocycles. The number of carbonyl (C=O) groups is 1. The van der Waals surface area contributed by atoms with Gasteiger partial charge in [-0.15, -0.1) is 11.8 Å². The Bertz CT molecular complexity index is 591. The average molecular weight is 357 g/mol. The molecular formula is C14H11BrClNOS. The van der Waals surface area contributed by atoms with Gasteiger partial charge in [-0.3, -0.25) is 4.79 Å². The highest BCUT2D eigenvalue weighted by Gasteiger charge is 2.06. The number of nitrogens with one attached hydrogen (secondary N) is 1. The summed E-state index contributed by atoms with van der Waals surface area (Å²) in [7, 11) is 0. The number of thioether (sulfide) groups is 1. The largest absolute Gasteiger partial charge is 0.325 e. The van der Waals surface area contributed by atoms with E-state index in [-0.39, 0.29) is 5.91 Å². The van der Waals surface area contributed by atoms with Crippen LogP contribution in [-0.4, -0.2) is 11.7 Å². The zero-order valence-electron chi connectivity index (χ0n) is 9.90. The van der Waals surface area contributed by atoms with Crippen LogP contribution in [0.5, 0.6) is 0 Å². The van der Waals surface area contributed by atoms with Gasteiger partial charge in [0.25, 0.3) is 0 Å². The summed E-state index contributed by atoms with van der Waals surface area (Å²) in [6.45, 7) is 0. The summed E-state index contributed by atoms with van der Waals surface area (Å²) in [5.74, 6) is 0.277. The molecule has 0 radical (unpaired) electrons. The van der Waals surface area contributed by atoms with Gasteiger partial charge in [-0.05, 0) is 30.3 Å². The molecule has 1 N–H and O–H groups in total. The maximum absolute atomic E-state index is 11.8. The van der Waals surface area contributed by atoms with Crippen molar-refractivity contribution in [3.05, 3.63) is 58.0 Å². The molecule has 5 heteroatoms. The minimum atomic E-state index is -0.0528. The van der Waals surface area contributed by atoms with Crippen molar-refractivity contribution in [1.29, 1.82) is 0 Å². The van der Waals surface area contributed by atoms with Crippen molar-refractivity contribution < 1.29 is 4.79 Å². The highest BCUT2D eigenvalue weighted by molar-refractivity contribution is 9.10. The third kappa shape index (κ3) is 4.56. The van der Waals surface area contributed by atoms with Crippen molar-refractivity contribution in [2.75, 3.05) is 11.1 Å². The van der Waals surface area contributed by atoms with E-state index in [9.17, 15) is 4.79 Å². The van der Waals surface area contributed by atoms with Crippen LogP contribution in [0, 0.1) is 0 Å². The van der Waals surface area contributed by atoms with Crippen LogP contribution in [0.25, 0.3) is 0 Å². The molecule has 0 unspecified atom stereocenters. The van der Waals surface area contributed by atoms with Crippen molar-refractivity contribution in [1.82, 2.24) is 0 Å². The Kier molecular flexibility index (Phi) is 5.31. The summed E-state index contributed by atoms with van der Waals surface area (Å²) in [5, 5.41) is 3.51. The van der Waals surface area contributed by atoms with E-state index >= 15 is 0 Å². The smallest absolute Gasteiger partial charge is 0.234 e. The SMILES string of the molecule is O=C(CSc1ccccc1Cl)Nc1cccc(Br)c1. The van der Waals surface area contributed by atoms with Gasteiger partial charge in [-0.25, -0.2) is 0 Å². The van der Waals surface area contributed by atoms with Gasteiger partial charge in [0, 0.05) is 15.1 Å². The van der Waals surface area contributed by atoms with Crippen molar-refractivity contribution in [3.63, 3.8) is 0 Å².